The number of nitrogens with one attached hydrogen (secondary N) is 2. The standard InChI is InChI=1S/C22H30N4O3/c1-23-22(24-14-16-8-7-11-20(28-3)21(16)29-4)25-17-12-13-26(15-17)18-9-5-6-10-19(18)27-2/h5-11,17H,12-15H2,1-4H3,(H2,23,24,25). The number of aliphatic imine (C=N–C) groups is 1. The van der Waals surface area contributed by atoms with Crippen LogP contribution < -0.4 is 29.7 Å². The van der Waals surface area contributed by atoms with Crippen LogP contribution in [0.25, 0.3) is 0 Å². The zero-order chi connectivity index (χ0) is 20.6. The number of methoxy groups -OCH3 is 3. The zero-order valence-corrected chi connectivity index (χ0v) is 17.6. The highest BCUT2D eigenvalue weighted by Gasteiger charge is 2.25. The number of hydrogen-bond donors (Lipinski definition) is 2. The highest BCUT2D eigenvalue weighted by molar-refractivity contribution is 5.80. The van der Waals surface area contributed by atoms with Gasteiger partial charge in [-0.15, -0.1) is 0 Å². The Morgan fingerprint density at radius 2 is 1.79 bits per heavy atom. The van der Waals surface area contributed by atoms with Crippen LogP contribution in [-0.2, 0) is 6.54 Å². The van der Waals surface area contributed by atoms with Crippen molar-refractivity contribution in [2.75, 3.05) is 46.4 Å². The van der Waals surface area contributed by atoms with Gasteiger partial charge < -0.3 is 29.7 Å². The average molecular weight is 399 g/mol. The van der Waals surface area contributed by atoms with Crippen molar-refractivity contribution in [3.05, 3.63) is 48.0 Å². The van der Waals surface area contributed by atoms with Gasteiger partial charge in [0.15, 0.2) is 17.5 Å². The second-order valence-electron chi connectivity index (χ2n) is 6.83. The zero-order valence-electron chi connectivity index (χ0n) is 17.6. The first-order chi connectivity index (χ1) is 14.2. The summed E-state index contributed by atoms with van der Waals surface area (Å²) >= 11 is 0. The number of ether oxygens (including phenoxy) is 3. The van der Waals surface area contributed by atoms with E-state index in [2.05, 4.69) is 26.6 Å². The fraction of sp³-hybridized carbons (Fsp3) is 0.409. The van der Waals surface area contributed by atoms with Crippen LogP contribution in [0.15, 0.2) is 47.5 Å². The van der Waals surface area contributed by atoms with Gasteiger partial charge in [0.2, 0.25) is 0 Å². The number of nitrogens with zero attached hydrogens (tertiary/aromatic N) is 2. The highest BCUT2D eigenvalue weighted by Crippen LogP contribution is 2.31. The maximum Gasteiger partial charge on any atom is 0.191 e. The smallest absolute Gasteiger partial charge is 0.191 e. The van der Waals surface area contributed by atoms with E-state index in [4.69, 9.17) is 14.2 Å². The second kappa shape index (κ2) is 9.91. The molecule has 1 aliphatic rings. The molecule has 1 fully saturated rings. The third-order valence-electron chi connectivity index (χ3n) is 5.11. The van der Waals surface area contributed by atoms with Crippen molar-refractivity contribution < 1.29 is 14.2 Å². The molecular weight excluding hydrogens is 368 g/mol. The van der Waals surface area contributed by atoms with Crippen molar-refractivity contribution in [2.24, 2.45) is 4.99 Å². The van der Waals surface area contributed by atoms with Crippen LogP contribution in [-0.4, -0.2) is 53.5 Å². The summed E-state index contributed by atoms with van der Waals surface area (Å²) in [6.45, 7) is 2.45. The van der Waals surface area contributed by atoms with Gasteiger partial charge in [0.25, 0.3) is 0 Å². The quantitative estimate of drug-likeness (QED) is 0.552. The predicted molar refractivity (Wildman–Crippen MR) is 116 cm³/mol. The molecule has 3 rings (SSSR count). The van der Waals surface area contributed by atoms with E-state index in [0.29, 0.717) is 12.6 Å². The molecule has 2 aromatic carbocycles. The van der Waals surface area contributed by atoms with E-state index in [1.165, 1.54) is 0 Å². The topological polar surface area (TPSA) is 67.4 Å². The number of benzene rings is 2. The molecule has 0 saturated carbocycles. The molecule has 7 heteroatoms. The number of anilines is 1. The summed E-state index contributed by atoms with van der Waals surface area (Å²) in [6, 6.07) is 14.3. The molecule has 0 amide bonds. The summed E-state index contributed by atoms with van der Waals surface area (Å²) in [6.07, 6.45) is 1.03. The van der Waals surface area contributed by atoms with Gasteiger partial charge in [-0.2, -0.15) is 0 Å². The molecule has 156 valence electrons. The lowest BCUT2D eigenvalue weighted by molar-refractivity contribution is 0.351. The molecule has 1 saturated heterocycles. The number of hydrogen-bond acceptors (Lipinski definition) is 5. The Labute approximate surface area is 172 Å². The minimum atomic E-state index is 0.304. The Bertz CT molecular complexity index is 841. The minimum Gasteiger partial charge on any atom is -0.495 e. The molecule has 0 aliphatic carbocycles. The van der Waals surface area contributed by atoms with Crippen molar-refractivity contribution in [1.82, 2.24) is 10.6 Å². The van der Waals surface area contributed by atoms with Gasteiger partial charge in [-0.25, -0.2) is 0 Å². The Morgan fingerprint density at radius 1 is 1.03 bits per heavy atom. The van der Waals surface area contributed by atoms with Crippen molar-refractivity contribution in [2.45, 2.75) is 19.0 Å². The molecule has 1 unspecified atom stereocenters. The first-order valence-electron chi connectivity index (χ1n) is 9.75. The highest BCUT2D eigenvalue weighted by atomic mass is 16.5. The molecule has 2 aromatic rings. The minimum absolute atomic E-state index is 0.304. The van der Waals surface area contributed by atoms with Gasteiger partial charge in [-0.05, 0) is 24.6 Å². The number of guanidine groups is 1. The van der Waals surface area contributed by atoms with Crippen molar-refractivity contribution in [1.29, 1.82) is 0 Å². The lowest BCUT2D eigenvalue weighted by Gasteiger charge is -2.22. The molecule has 7 nitrogen and oxygen atoms in total. The fourth-order valence-electron chi connectivity index (χ4n) is 3.65. The third-order valence-corrected chi connectivity index (χ3v) is 5.11. The maximum atomic E-state index is 5.51. The van der Waals surface area contributed by atoms with Crippen LogP contribution >= 0.6 is 0 Å². The van der Waals surface area contributed by atoms with Gasteiger partial charge >= 0.3 is 0 Å². The van der Waals surface area contributed by atoms with E-state index in [9.17, 15) is 0 Å². The normalized spacial score (nSPS) is 16.5. The van der Waals surface area contributed by atoms with Crippen LogP contribution in [0.2, 0.25) is 0 Å². The summed E-state index contributed by atoms with van der Waals surface area (Å²) < 4.78 is 16.4. The van der Waals surface area contributed by atoms with Gasteiger partial charge in [0.05, 0.1) is 27.0 Å². The Hall–Kier alpha value is -3.09. The van der Waals surface area contributed by atoms with Gasteiger partial charge in [-0.3, -0.25) is 4.99 Å². The van der Waals surface area contributed by atoms with Crippen molar-refractivity contribution in [3.8, 4) is 17.2 Å². The van der Waals surface area contributed by atoms with Gasteiger partial charge in [-0.1, -0.05) is 24.3 Å². The first kappa shape index (κ1) is 20.6. The summed E-state index contributed by atoms with van der Waals surface area (Å²) in [7, 11) is 6.79. The van der Waals surface area contributed by atoms with Crippen LogP contribution in [0.5, 0.6) is 17.2 Å². The first-order valence-corrected chi connectivity index (χ1v) is 9.75. The molecule has 0 aromatic heterocycles. The van der Waals surface area contributed by atoms with Crippen LogP contribution in [0.1, 0.15) is 12.0 Å². The van der Waals surface area contributed by atoms with Crippen LogP contribution in [0, 0.1) is 0 Å². The lowest BCUT2D eigenvalue weighted by Crippen LogP contribution is -2.44. The Balaban J connectivity index is 1.59. The van der Waals surface area contributed by atoms with E-state index in [1.54, 1.807) is 28.4 Å². The molecule has 2 N–H and O–H groups in total. The van der Waals surface area contributed by atoms with Gasteiger partial charge in [0, 0.05) is 38.3 Å². The van der Waals surface area contributed by atoms with E-state index >= 15 is 0 Å². The third kappa shape index (κ3) is 4.85. The number of rotatable bonds is 7. The molecule has 1 aliphatic heterocycles. The van der Waals surface area contributed by atoms with Crippen molar-refractivity contribution in [3.63, 3.8) is 0 Å². The molecule has 29 heavy (non-hydrogen) atoms. The van der Waals surface area contributed by atoms with Crippen LogP contribution in [0.4, 0.5) is 5.69 Å². The van der Waals surface area contributed by atoms with Crippen molar-refractivity contribution >= 4 is 11.6 Å². The summed E-state index contributed by atoms with van der Waals surface area (Å²) in [5, 5.41) is 6.90. The maximum absolute atomic E-state index is 5.51. The lowest BCUT2D eigenvalue weighted by atomic mass is 10.2. The van der Waals surface area contributed by atoms with Crippen LogP contribution in [0.3, 0.4) is 0 Å². The molecular formula is C22H30N4O3. The number of para-hydroxylation sites is 3. The van der Waals surface area contributed by atoms with E-state index < -0.39 is 0 Å². The molecule has 0 radical (unpaired) electrons. The predicted octanol–water partition coefficient (Wildman–Crippen LogP) is 2.66. The van der Waals surface area contributed by atoms with Gasteiger partial charge in [0.1, 0.15) is 5.75 Å². The Morgan fingerprint density at radius 3 is 2.52 bits per heavy atom. The van der Waals surface area contributed by atoms with E-state index in [-0.39, 0.29) is 0 Å². The average Bonchev–Trinajstić information content (AvgIpc) is 3.24. The SMILES string of the molecule is CN=C(NCc1cccc(OC)c1OC)NC1CCN(c2ccccc2OC)C1. The van der Waals surface area contributed by atoms with E-state index in [0.717, 1.165) is 54.0 Å². The largest absolute Gasteiger partial charge is 0.495 e. The molecule has 0 spiro atoms. The monoisotopic (exact) mass is 398 g/mol. The summed E-state index contributed by atoms with van der Waals surface area (Å²) in [4.78, 5) is 6.72. The Kier molecular flexibility index (Phi) is 7.05. The summed E-state index contributed by atoms with van der Waals surface area (Å²) in [5.41, 5.74) is 2.14. The fourth-order valence-corrected chi connectivity index (χ4v) is 3.65. The second-order valence-corrected chi connectivity index (χ2v) is 6.83. The molecule has 1 heterocycles. The molecule has 1 atom stereocenters. The molecule has 0 bridgehead atoms. The summed E-state index contributed by atoms with van der Waals surface area (Å²) in [5.74, 6) is 3.13. The van der Waals surface area contributed by atoms with E-state index in [1.807, 2.05) is 36.4 Å².